The van der Waals surface area contributed by atoms with Crippen LogP contribution in [-0.2, 0) is 0 Å². The van der Waals surface area contributed by atoms with Crippen molar-refractivity contribution in [3.05, 3.63) is 32.8 Å². The Hall–Kier alpha value is -0.280. The Morgan fingerprint density at radius 3 is 2.61 bits per heavy atom. The van der Waals surface area contributed by atoms with Crippen LogP contribution in [0.15, 0.2) is 22.1 Å². The summed E-state index contributed by atoms with van der Waals surface area (Å²) in [6.45, 7) is 1.53. The van der Waals surface area contributed by atoms with Crippen LogP contribution in [0.5, 0.6) is 0 Å². The zero-order valence-corrected chi connectivity index (χ0v) is 12.6. The smallest absolute Gasteiger partial charge is 0.0768 e. The van der Waals surface area contributed by atoms with Crippen molar-refractivity contribution in [1.82, 2.24) is 0 Å². The highest BCUT2D eigenvalue weighted by atomic mass is 35.5. The van der Waals surface area contributed by atoms with Gasteiger partial charge in [0.1, 0.15) is 0 Å². The van der Waals surface area contributed by atoms with Gasteiger partial charge in [0.2, 0.25) is 0 Å². The summed E-state index contributed by atoms with van der Waals surface area (Å²) in [5.74, 6) is 0. The number of rotatable bonds is 3. The molecule has 98 valence electrons. The van der Waals surface area contributed by atoms with Crippen molar-refractivity contribution in [3.8, 4) is 0 Å². The van der Waals surface area contributed by atoms with Crippen LogP contribution in [0.3, 0.4) is 0 Å². The monoisotopic (exact) mass is 324 g/mol. The van der Waals surface area contributed by atoms with E-state index in [1.807, 2.05) is 0 Å². The lowest BCUT2D eigenvalue weighted by Gasteiger charge is -2.03. The van der Waals surface area contributed by atoms with E-state index >= 15 is 0 Å². The summed E-state index contributed by atoms with van der Waals surface area (Å²) in [5.41, 5.74) is 1.80. The molecule has 1 aromatic carbocycles. The van der Waals surface area contributed by atoms with E-state index in [-0.39, 0.29) is 12.4 Å². The van der Waals surface area contributed by atoms with Crippen molar-refractivity contribution in [1.29, 1.82) is 0 Å². The molecule has 0 fully saturated rings. The predicted octanol–water partition coefficient (Wildman–Crippen LogP) is 4.72. The Balaban J connectivity index is 0.00000162. The lowest BCUT2D eigenvalue weighted by atomic mass is 10.2. The second kappa shape index (κ2) is 7.34. The second-order valence-corrected chi connectivity index (χ2v) is 4.97. The molecule has 0 N–H and O–H groups in total. The Bertz CT molecular complexity index is 483. The van der Waals surface area contributed by atoms with Crippen LogP contribution < -0.4 is 0 Å². The van der Waals surface area contributed by atoms with Crippen LogP contribution in [0.1, 0.15) is 18.4 Å². The fourth-order valence-electron chi connectivity index (χ4n) is 1.63. The van der Waals surface area contributed by atoms with Gasteiger partial charge in [-0.3, -0.25) is 9.98 Å². The Labute approximate surface area is 127 Å². The van der Waals surface area contributed by atoms with Crippen LogP contribution in [0, 0.1) is 0 Å². The van der Waals surface area contributed by atoms with E-state index in [2.05, 4.69) is 9.98 Å². The molecule has 1 heterocycles. The summed E-state index contributed by atoms with van der Waals surface area (Å²) in [6, 6.07) is 3.38. The van der Waals surface area contributed by atoms with Gasteiger partial charge in [-0.15, -0.1) is 12.4 Å². The maximum atomic E-state index is 6.06. The SMILES string of the molecule is Cl.Clc1ccc(Cl)c(C=NCC2=NCCC2)c1Cl. The Kier molecular flexibility index (Phi) is 6.44. The van der Waals surface area contributed by atoms with E-state index in [4.69, 9.17) is 34.8 Å². The minimum Gasteiger partial charge on any atom is -0.292 e. The second-order valence-electron chi connectivity index (χ2n) is 3.78. The van der Waals surface area contributed by atoms with Crippen LogP contribution in [0.4, 0.5) is 0 Å². The van der Waals surface area contributed by atoms with Gasteiger partial charge in [-0.1, -0.05) is 34.8 Å². The molecular formula is C12H12Cl4N2. The molecule has 0 saturated carbocycles. The van der Waals surface area contributed by atoms with Crippen molar-refractivity contribution in [2.24, 2.45) is 9.98 Å². The Morgan fingerprint density at radius 2 is 1.94 bits per heavy atom. The predicted molar refractivity (Wildman–Crippen MR) is 82.7 cm³/mol. The first kappa shape index (κ1) is 15.8. The average molecular weight is 326 g/mol. The number of aliphatic imine (C=N–C) groups is 2. The molecule has 1 aliphatic heterocycles. The number of nitrogens with zero attached hydrogens (tertiary/aromatic N) is 2. The number of benzene rings is 1. The van der Waals surface area contributed by atoms with Gasteiger partial charge in [0.25, 0.3) is 0 Å². The quantitative estimate of drug-likeness (QED) is 0.567. The van der Waals surface area contributed by atoms with Gasteiger partial charge in [-0.2, -0.15) is 0 Å². The third-order valence-electron chi connectivity index (χ3n) is 2.53. The molecule has 6 heteroatoms. The third-order valence-corrected chi connectivity index (χ3v) is 3.68. The molecule has 0 bridgehead atoms. The van der Waals surface area contributed by atoms with E-state index in [1.54, 1.807) is 18.3 Å². The Morgan fingerprint density at radius 1 is 1.22 bits per heavy atom. The largest absolute Gasteiger partial charge is 0.292 e. The highest BCUT2D eigenvalue weighted by Gasteiger charge is 2.08. The maximum absolute atomic E-state index is 6.06. The zero-order chi connectivity index (χ0) is 12.3. The fourth-order valence-corrected chi connectivity index (χ4v) is 2.26. The summed E-state index contributed by atoms with van der Waals surface area (Å²) in [7, 11) is 0. The molecule has 2 nitrogen and oxygen atoms in total. The molecule has 0 unspecified atom stereocenters. The van der Waals surface area contributed by atoms with E-state index in [0.29, 0.717) is 27.2 Å². The highest BCUT2D eigenvalue weighted by molar-refractivity contribution is 6.45. The molecule has 0 radical (unpaired) electrons. The fraction of sp³-hybridized carbons (Fsp3) is 0.333. The first-order valence-corrected chi connectivity index (χ1v) is 6.47. The summed E-state index contributed by atoms with van der Waals surface area (Å²) in [4.78, 5) is 8.64. The van der Waals surface area contributed by atoms with E-state index < -0.39 is 0 Å². The molecule has 0 aromatic heterocycles. The third kappa shape index (κ3) is 3.86. The van der Waals surface area contributed by atoms with E-state index in [1.165, 1.54) is 0 Å². The van der Waals surface area contributed by atoms with Crippen LogP contribution in [-0.4, -0.2) is 25.0 Å². The molecule has 18 heavy (non-hydrogen) atoms. The summed E-state index contributed by atoms with van der Waals surface area (Å²) in [5, 5.41) is 1.48. The van der Waals surface area contributed by atoms with Gasteiger partial charge in [0.05, 0.1) is 21.6 Å². The van der Waals surface area contributed by atoms with Crippen molar-refractivity contribution < 1.29 is 0 Å². The first-order chi connectivity index (χ1) is 8.18. The summed E-state index contributed by atoms with van der Waals surface area (Å²) < 4.78 is 0. The normalized spacial score (nSPS) is 14.7. The molecule has 0 aliphatic carbocycles. The van der Waals surface area contributed by atoms with Gasteiger partial charge in [0.15, 0.2) is 0 Å². The minimum absolute atomic E-state index is 0. The van der Waals surface area contributed by atoms with Crippen LogP contribution in [0.2, 0.25) is 15.1 Å². The van der Waals surface area contributed by atoms with Gasteiger partial charge in [-0.25, -0.2) is 0 Å². The molecule has 1 aromatic rings. The van der Waals surface area contributed by atoms with Gasteiger partial charge in [-0.05, 0) is 25.0 Å². The maximum Gasteiger partial charge on any atom is 0.0768 e. The zero-order valence-electron chi connectivity index (χ0n) is 9.50. The molecule has 0 atom stereocenters. The van der Waals surface area contributed by atoms with Crippen molar-refractivity contribution in [2.45, 2.75) is 12.8 Å². The lowest BCUT2D eigenvalue weighted by Crippen LogP contribution is -1.98. The van der Waals surface area contributed by atoms with Crippen molar-refractivity contribution >= 4 is 59.1 Å². The van der Waals surface area contributed by atoms with Crippen LogP contribution in [0.25, 0.3) is 0 Å². The summed E-state index contributed by atoms with van der Waals surface area (Å²) in [6.07, 6.45) is 3.83. The van der Waals surface area contributed by atoms with Gasteiger partial charge >= 0.3 is 0 Å². The number of halogens is 4. The summed E-state index contributed by atoms with van der Waals surface area (Å²) >= 11 is 18.0. The van der Waals surface area contributed by atoms with Gasteiger partial charge < -0.3 is 0 Å². The van der Waals surface area contributed by atoms with E-state index in [9.17, 15) is 0 Å². The van der Waals surface area contributed by atoms with Gasteiger partial charge in [0, 0.05) is 24.0 Å². The van der Waals surface area contributed by atoms with Crippen molar-refractivity contribution in [2.75, 3.05) is 13.1 Å². The van der Waals surface area contributed by atoms with Crippen LogP contribution >= 0.6 is 47.2 Å². The standard InChI is InChI=1S/C12H11Cl3N2.ClH/c13-10-3-4-11(14)12(15)9(10)7-16-6-8-2-1-5-17-8;/h3-4,7H,1-2,5-6H2;1H. The average Bonchev–Trinajstić information content (AvgIpc) is 2.81. The molecule has 2 rings (SSSR count). The highest BCUT2D eigenvalue weighted by Crippen LogP contribution is 2.29. The lowest BCUT2D eigenvalue weighted by molar-refractivity contribution is 0.949. The van der Waals surface area contributed by atoms with E-state index in [0.717, 1.165) is 25.1 Å². The minimum atomic E-state index is 0. The number of hydrogen-bond acceptors (Lipinski definition) is 2. The topological polar surface area (TPSA) is 24.7 Å². The molecular weight excluding hydrogens is 314 g/mol. The molecule has 0 amide bonds. The van der Waals surface area contributed by atoms with Crippen molar-refractivity contribution in [3.63, 3.8) is 0 Å². The molecule has 0 spiro atoms. The first-order valence-electron chi connectivity index (χ1n) is 5.34. The molecule has 1 aliphatic rings. The number of hydrogen-bond donors (Lipinski definition) is 0. The molecule has 0 saturated heterocycles.